The number of piperidine rings is 1. The van der Waals surface area contributed by atoms with Crippen LogP contribution in [0.2, 0.25) is 0 Å². The van der Waals surface area contributed by atoms with Gasteiger partial charge in [0, 0.05) is 24.5 Å². The van der Waals surface area contributed by atoms with Gasteiger partial charge in [-0.2, -0.15) is 0 Å². The SMILES string of the molecule is NC1CCCN(c2ccc3ccccc3n2)C1. The summed E-state index contributed by atoms with van der Waals surface area (Å²) < 4.78 is 0. The summed E-state index contributed by atoms with van der Waals surface area (Å²) >= 11 is 0. The molecule has 2 heterocycles. The standard InChI is InChI=1S/C14H17N3/c15-12-5-3-9-17(10-12)14-8-7-11-4-1-2-6-13(11)16-14/h1-2,4,6-8,12H,3,5,9-10,15H2. The topological polar surface area (TPSA) is 42.1 Å². The molecule has 0 bridgehead atoms. The van der Waals surface area contributed by atoms with Crippen LogP contribution in [0.25, 0.3) is 10.9 Å². The molecule has 1 fully saturated rings. The highest BCUT2D eigenvalue weighted by Gasteiger charge is 2.17. The summed E-state index contributed by atoms with van der Waals surface area (Å²) in [5.74, 6) is 1.05. The lowest BCUT2D eigenvalue weighted by Crippen LogP contribution is -2.43. The van der Waals surface area contributed by atoms with Gasteiger partial charge in [-0.1, -0.05) is 18.2 Å². The van der Waals surface area contributed by atoms with E-state index in [1.54, 1.807) is 0 Å². The number of nitrogens with two attached hydrogens (primary N) is 1. The van der Waals surface area contributed by atoms with E-state index in [2.05, 4.69) is 29.2 Å². The maximum Gasteiger partial charge on any atom is 0.129 e. The van der Waals surface area contributed by atoms with Gasteiger partial charge in [0.05, 0.1) is 5.52 Å². The van der Waals surface area contributed by atoms with E-state index in [4.69, 9.17) is 10.7 Å². The largest absolute Gasteiger partial charge is 0.355 e. The molecule has 1 aliphatic rings. The average molecular weight is 227 g/mol. The van der Waals surface area contributed by atoms with E-state index in [0.717, 1.165) is 37.3 Å². The predicted octanol–water partition coefficient (Wildman–Crippen LogP) is 2.16. The molecule has 1 aromatic heterocycles. The molecule has 2 aromatic rings. The molecule has 17 heavy (non-hydrogen) atoms. The monoisotopic (exact) mass is 227 g/mol. The normalized spacial score (nSPS) is 20.8. The third-order valence-corrected chi connectivity index (χ3v) is 3.37. The number of nitrogens with zero attached hydrogens (tertiary/aromatic N) is 2. The highest BCUT2D eigenvalue weighted by atomic mass is 15.2. The molecule has 0 aliphatic carbocycles. The maximum atomic E-state index is 6.01. The lowest BCUT2D eigenvalue weighted by Gasteiger charge is -2.31. The lowest BCUT2D eigenvalue weighted by molar-refractivity contribution is 0.503. The summed E-state index contributed by atoms with van der Waals surface area (Å²) in [6.07, 6.45) is 2.29. The second kappa shape index (κ2) is 4.34. The van der Waals surface area contributed by atoms with Gasteiger partial charge in [-0.3, -0.25) is 0 Å². The molecule has 0 amide bonds. The van der Waals surface area contributed by atoms with Gasteiger partial charge in [0.1, 0.15) is 5.82 Å². The number of hydrogen-bond donors (Lipinski definition) is 1. The van der Waals surface area contributed by atoms with Crippen LogP contribution in [-0.4, -0.2) is 24.1 Å². The van der Waals surface area contributed by atoms with Crippen molar-refractivity contribution in [2.75, 3.05) is 18.0 Å². The third kappa shape index (κ3) is 2.11. The van der Waals surface area contributed by atoms with Crippen LogP contribution < -0.4 is 10.6 Å². The molecule has 1 aromatic carbocycles. The Bertz CT molecular complexity index is 524. The zero-order chi connectivity index (χ0) is 11.7. The number of benzene rings is 1. The molecule has 2 N–H and O–H groups in total. The second-order valence-electron chi connectivity index (χ2n) is 4.71. The van der Waals surface area contributed by atoms with E-state index >= 15 is 0 Å². The van der Waals surface area contributed by atoms with Crippen molar-refractivity contribution >= 4 is 16.7 Å². The molecule has 0 spiro atoms. The Labute approximate surface area is 101 Å². The number of hydrogen-bond acceptors (Lipinski definition) is 3. The van der Waals surface area contributed by atoms with E-state index < -0.39 is 0 Å². The molecular formula is C14H17N3. The molecule has 3 rings (SSSR count). The van der Waals surface area contributed by atoms with Crippen LogP contribution in [0.4, 0.5) is 5.82 Å². The number of aromatic nitrogens is 1. The summed E-state index contributed by atoms with van der Waals surface area (Å²) in [5.41, 5.74) is 7.07. The average Bonchev–Trinajstić information content (AvgIpc) is 2.38. The maximum absolute atomic E-state index is 6.01. The van der Waals surface area contributed by atoms with Crippen molar-refractivity contribution in [2.24, 2.45) is 5.73 Å². The first-order chi connectivity index (χ1) is 8.33. The molecular weight excluding hydrogens is 210 g/mol. The smallest absolute Gasteiger partial charge is 0.129 e. The minimum absolute atomic E-state index is 0.289. The molecule has 0 saturated carbocycles. The van der Waals surface area contributed by atoms with Crippen molar-refractivity contribution in [1.82, 2.24) is 4.98 Å². The molecule has 0 radical (unpaired) electrons. The van der Waals surface area contributed by atoms with Gasteiger partial charge in [0.15, 0.2) is 0 Å². The van der Waals surface area contributed by atoms with E-state index in [1.165, 1.54) is 5.39 Å². The van der Waals surface area contributed by atoms with Gasteiger partial charge in [0.25, 0.3) is 0 Å². The Morgan fingerprint density at radius 3 is 2.94 bits per heavy atom. The van der Waals surface area contributed by atoms with Gasteiger partial charge in [0.2, 0.25) is 0 Å². The third-order valence-electron chi connectivity index (χ3n) is 3.37. The number of anilines is 1. The van der Waals surface area contributed by atoms with Crippen molar-refractivity contribution in [3.63, 3.8) is 0 Å². The zero-order valence-electron chi connectivity index (χ0n) is 9.84. The Hall–Kier alpha value is -1.61. The van der Waals surface area contributed by atoms with Gasteiger partial charge in [-0.05, 0) is 31.0 Å². The summed E-state index contributed by atoms with van der Waals surface area (Å²) in [5, 5.41) is 1.19. The Morgan fingerprint density at radius 2 is 2.06 bits per heavy atom. The summed E-state index contributed by atoms with van der Waals surface area (Å²) in [6, 6.07) is 12.7. The minimum Gasteiger partial charge on any atom is -0.355 e. The van der Waals surface area contributed by atoms with E-state index in [-0.39, 0.29) is 6.04 Å². The van der Waals surface area contributed by atoms with Crippen molar-refractivity contribution in [1.29, 1.82) is 0 Å². The van der Waals surface area contributed by atoms with Crippen molar-refractivity contribution in [3.8, 4) is 0 Å². The van der Waals surface area contributed by atoms with Crippen LogP contribution in [0.1, 0.15) is 12.8 Å². The summed E-state index contributed by atoms with van der Waals surface area (Å²) in [7, 11) is 0. The highest BCUT2D eigenvalue weighted by molar-refractivity contribution is 5.80. The van der Waals surface area contributed by atoms with Crippen LogP contribution in [-0.2, 0) is 0 Å². The van der Waals surface area contributed by atoms with Crippen molar-refractivity contribution in [2.45, 2.75) is 18.9 Å². The van der Waals surface area contributed by atoms with Gasteiger partial charge < -0.3 is 10.6 Å². The summed E-state index contributed by atoms with van der Waals surface area (Å²) in [4.78, 5) is 7.00. The Balaban J connectivity index is 1.94. The molecule has 1 saturated heterocycles. The van der Waals surface area contributed by atoms with Gasteiger partial charge in [-0.25, -0.2) is 4.98 Å². The Kier molecular flexibility index (Phi) is 2.69. The fourth-order valence-corrected chi connectivity index (χ4v) is 2.45. The Morgan fingerprint density at radius 1 is 1.18 bits per heavy atom. The quantitative estimate of drug-likeness (QED) is 0.811. The first kappa shape index (κ1) is 10.5. The second-order valence-corrected chi connectivity index (χ2v) is 4.71. The minimum atomic E-state index is 0.289. The van der Waals surface area contributed by atoms with Crippen LogP contribution in [0.3, 0.4) is 0 Å². The fraction of sp³-hybridized carbons (Fsp3) is 0.357. The molecule has 1 unspecified atom stereocenters. The molecule has 1 atom stereocenters. The lowest BCUT2D eigenvalue weighted by atomic mass is 10.1. The highest BCUT2D eigenvalue weighted by Crippen LogP contribution is 2.20. The number of para-hydroxylation sites is 1. The first-order valence-electron chi connectivity index (χ1n) is 6.19. The number of pyridine rings is 1. The first-order valence-corrected chi connectivity index (χ1v) is 6.19. The fourth-order valence-electron chi connectivity index (χ4n) is 2.45. The van der Waals surface area contributed by atoms with Gasteiger partial charge in [-0.15, -0.1) is 0 Å². The van der Waals surface area contributed by atoms with Crippen molar-refractivity contribution < 1.29 is 0 Å². The number of fused-ring (bicyclic) bond motifs is 1. The van der Waals surface area contributed by atoms with E-state index in [9.17, 15) is 0 Å². The predicted molar refractivity (Wildman–Crippen MR) is 71.2 cm³/mol. The van der Waals surface area contributed by atoms with Gasteiger partial charge >= 0.3 is 0 Å². The molecule has 1 aliphatic heterocycles. The molecule has 3 nitrogen and oxygen atoms in total. The van der Waals surface area contributed by atoms with Crippen LogP contribution in [0.5, 0.6) is 0 Å². The van der Waals surface area contributed by atoms with E-state index in [0.29, 0.717) is 0 Å². The van der Waals surface area contributed by atoms with Crippen LogP contribution >= 0.6 is 0 Å². The van der Waals surface area contributed by atoms with Crippen LogP contribution in [0.15, 0.2) is 36.4 Å². The number of rotatable bonds is 1. The summed E-state index contributed by atoms with van der Waals surface area (Å²) in [6.45, 7) is 1.99. The van der Waals surface area contributed by atoms with Crippen LogP contribution in [0, 0.1) is 0 Å². The van der Waals surface area contributed by atoms with Crippen molar-refractivity contribution in [3.05, 3.63) is 36.4 Å². The molecule has 88 valence electrons. The zero-order valence-corrected chi connectivity index (χ0v) is 9.84. The van der Waals surface area contributed by atoms with E-state index in [1.807, 2.05) is 12.1 Å². The molecule has 3 heteroatoms.